The Morgan fingerprint density at radius 1 is 1.24 bits per heavy atom. The van der Waals surface area contributed by atoms with Gasteiger partial charge in [-0.3, -0.25) is 0 Å². The molecule has 1 atom stereocenters. The lowest BCUT2D eigenvalue weighted by Gasteiger charge is -2.16. The number of hydrogen-bond acceptors (Lipinski definition) is 2. The predicted octanol–water partition coefficient (Wildman–Crippen LogP) is 4.34. The highest BCUT2D eigenvalue weighted by Gasteiger charge is 2.14. The van der Waals surface area contributed by atoms with Crippen molar-refractivity contribution in [3.63, 3.8) is 0 Å². The third-order valence-electron chi connectivity index (χ3n) is 3.23. The van der Waals surface area contributed by atoms with Crippen molar-refractivity contribution in [2.24, 2.45) is 0 Å². The first-order chi connectivity index (χ1) is 10.0. The summed E-state index contributed by atoms with van der Waals surface area (Å²) < 4.78 is 27.5. The second-order valence-electron chi connectivity index (χ2n) is 4.65. The van der Waals surface area contributed by atoms with Crippen LogP contribution in [0.4, 0.5) is 8.78 Å². The van der Waals surface area contributed by atoms with Crippen LogP contribution in [0.2, 0.25) is 5.02 Å². The Hall–Kier alpha value is -1.96. The minimum Gasteiger partial charge on any atom is -0.306 e. The Morgan fingerprint density at radius 3 is 2.43 bits per heavy atom. The van der Waals surface area contributed by atoms with Crippen molar-refractivity contribution in [1.29, 1.82) is 5.26 Å². The van der Waals surface area contributed by atoms with E-state index in [1.54, 1.807) is 12.1 Å². The Kier molecular flexibility index (Phi) is 4.89. The standard InChI is InChI=1S/C16H13ClF2N2/c1-10(12-4-2-3-5-14(12)17)21-9-13-15(18)6-11(8-20)7-16(13)19/h2-7,10,21H,9H2,1H3/t10-/m1/s1. The molecule has 0 spiro atoms. The first kappa shape index (κ1) is 15.4. The monoisotopic (exact) mass is 306 g/mol. The molecule has 0 radical (unpaired) electrons. The summed E-state index contributed by atoms with van der Waals surface area (Å²) in [7, 11) is 0. The number of nitriles is 1. The van der Waals surface area contributed by atoms with Gasteiger partial charge in [0.1, 0.15) is 11.6 Å². The second-order valence-corrected chi connectivity index (χ2v) is 5.06. The van der Waals surface area contributed by atoms with Crippen LogP contribution in [-0.2, 0) is 6.54 Å². The smallest absolute Gasteiger partial charge is 0.131 e. The van der Waals surface area contributed by atoms with Gasteiger partial charge in [0.15, 0.2) is 0 Å². The summed E-state index contributed by atoms with van der Waals surface area (Å²) in [5.41, 5.74) is 0.731. The van der Waals surface area contributed by atoms with E-state index < -0.39 is 11.6 Å². The van der Waals surface area contributed by atoms with Crippen molar-refractivity contribution in [3.8, 4) is 6.07 Å². The van der Waals surface area contributed by atoms with Crippen molar-refractivity contribution < 1.29 is 8.78 Å². The highest BCUT2D eigenvalue weighted by molar-refractivity contribution is 6.31. The fourth-order valence-corrected chi connectivity index (χ4v) is 2.33. The maximum absolute atomic E-state index is 13.8. The van der Waals surface area contributed by atoms with Gasteiger partial charge in [0.2, 0.25) is 0 Å². The van der Waals surface area contributed by atoms with Crippen LogP contribution in [0.15, 0.2) is 36.4 Å². The number of nitrogens with one attached hydrogen (secondary N) is 1. The molecular formula is C16H13ClF2N2. The molecule has 0 heterocycles. The molecule has 0 unspecified atom stereocenters. The van der Waals surface area contributed by atoms with Gasteiger partial charge in [-0.05, 0) is 30.7 Å². The molecule has 0 saturated heterocycles. The molecule has 1 N–H and O–H groups in total. The van der Waals surface area contributed by atoms with Gasteiger partial charge in [-0.15, -0.1) is 0 Å². The van der Waals surface area contributed by atoms with E-state index in [9.17, 15) is 8.78 Å². The molecule has 0 fully saturated rings. The van der Waals surface area contributed by atoms with E-state index >= 15 is 0 Å². The lowest BCUT2D eigenvalue weighted by molar-refractivity contribution is 0.509. The second kappa shape index (κ2) is 6.66. The molecule has 0 aliphatic carbocycles. The van der Waals surface area contributed by atoms with Gasteiger partial charge in [-0.2, -0.15) is 5.26 Å². The maximum atomic E-state index is 13.8. The lowest BCUT2D eigenvalue weighted by Crippen LogP contribution is -2.20. The predicted molar refractivity (Wildman–Crippen MR) is 77.8 cm³/mol. The first-order valence-electron chi connectivity index (χ1n) is 6.38. The van der Waals surface area contributed by atoms with Gasteiger partial charge >= 0.3 is 0 Å². The van der Waals surface area contributed by atoms with Crippen molar-refractivity contribution in [2.45, 2.75) is 19.5 Å². The van der Waals surface area contributed by atoms with Crippen LogP contribution in [0.1, 0.15) is 29.7 Å². The molecule has 0 aliphatic rings. The maximum Gasteiger partial charge on any atom is 0.131 e. The Bertz CT molecular complexity index is 672. The fourth-order valence-electron chi connectivity index (χ4n) is 2.03. The third-order valence-corrected chi connectivity index (χ3v) is 3.57. The molecule has 0 saturated carbocycles. The van der Waals surface area contributed by atoms with E-state index in [0.717, 1.165) is 17.7 Å². The van der Waals surface area contributed by atoms with E-state index in [1.807, 2.05) is 25.1 Å². The summed E-state index contributed by atoms with van der Waals surface area (Å²) in [6.45, 7) is 1.87. The molecule has 5 heteroatoms. The lowest BCUT2D eigenvalue weighted by atomic mass is 10.1. The topological polar surface area (TPSA) is 35.8 Å². The van der Waals surface area contributed by atoms with Crippen LogP contribution in [0.25, 0.3) is 0 Å². The number of benzene rings is 2. The van der Waals surface area contributed by atoms with Gasteiger partial charge < -0.3 is 5.32 Å². The number of rotatable bonds is 4. The van der Waals surface area contributed by atoms with Crippen molar-refractivity contribution in [2.75, 3.05) is 0 Å². The van der Waals surface area contributed by atoms with Gasteiger partial charge in [0.05, 0.1) is 11.6 Å². The Morgan fingerprint density at radius 2 is 1.86 bits per heavy atom. The normalized spacial score (nSPS) is 12.0. The average Bonchev–Trinajstić information content (AvgIpc) is 2.46. The van der Waals surface area contributed by atoms with Crippen LogP contribution in [0.3, 0.4) is 0 Å². The molecule has 21 heavy (non-hydrogen) atoms. The zero-order valence-corrected chi connectivity index (χ0v) is 12.1. The fraction of sp³-hybridized carbons (Fsp3) is 0.188. The van der Waals surface area contributed by atoms with Crippen molar-refractivity contribution in [3.05, 3.63) is 69.7 Å². The third kappa shape index (κ3) is 3.57. The van der Waals surface area contributed by atoms with Gasteiger partial charge in [0, 0.05) is 23.2 Å². The molecule has 2 aromatic rings. The molecule has 0 aromatic heterocycles. The van der Waals surface area contributed by atoms with Gasteiger partial charge in [-0.1, -0.05) is 29.8 Å². The van der Waals surface area contributed by atoms with Gasteiger partial charge in [-0.25, -0.2) is 8.78 Å². The summed E-state index contributed by atoms with van der Waals surface area (Å²) >= 11 is 6.08. The van der Waals surface area contributed by atoms with Crippen LogP contribution in [0, 0.1) is 23.0 Å². The summed E-state index contributed by atoms with van der Waals surface area (Å²) in [6, 6.07) is 10.9. The quantitative estimate of drug-likeness (QED) is 0.912. The SMILES string of the molecule is C[C@@H](NCc1c(F)cc(C#N)cc1F)c1ccccc1Cl. The van der Waals surface area contributed by atoms with Crippen LogP contribution in [-0.4, -0.2) is 0 Å². The zero-order chi connectivity index (χ0) is 15.4. The van der Waals surface area contributed by atoms with Crippen molar-refractivity contribution in [1.82, 2.24) is 5.32 Å². The first-order valence-corrected chi connectivity index (χ1v) is 6.76. The molecule has 2 rings (SSSR count). The zero-order valence-electron chi connectivity index (χ0n) is 11.3. The van der Waals surface area contributed by atoms with E-state index in [-0.39, 0.29) is 23.7 Å². The summed E-state index contributed by atoms with van der Waals surface area (Å²) in [5, 5.41) is 12.3. The Balaban J connectivity index is 2.14. The van der Waals surface area contributed by atoms with Crippen LogP contribution < -0.4 is 5.32 Å². The minimum atomic E-state index is -0.731. The highest BCUT2D eigenvalue weighted by atomic mass is 35.5. The summed E-state index contributed by atoms with van der Waals surface area (Å²) in [4.78, 5) is 0. The summed E-state index contributed by atoms with van der Waals surface area (Å²) in [5.74, 6) is -1.46. The molecule has 0 amide bonds. The average molecular weight is 307 g/mol. The highest BCUT2D eigenvalue weighted by Crippen LogP contribution is 2.23. The van der Waals surface area contributed by atoms with E-state index in [2.05, 4.69) is 5.32 Å². The molecular weight excluding hydrogens is 294 g/mol. The number of hydrogen-bond donors (Lipinski definition) is 1. The van der Waals surface area contributed by atoms with Gasteiger partial charge in [0.25, 0.3) is 0 Å². The molecule has 108 valence electrons. The Labute approximate surface area is 127 Å². The number of nitrogens with zero attached hydrogens (tertiary/aromatic N) is 1. The van der Waals surface area contributed by atoms with E-state index in [4.69, 9.17) is 16.9 Å². The van der Waals surface area contributed by atoms with Crippen molar-refractivity contribution >= 4 is 11.6 Å². The molecule has 2 aromatic carbocycles. The molecule has 2 nitrogen and oxygen atoms in total. The van der Waals surface area contributed by atoms with Crippen LogP contribution >= 0.6 is 11.6 Å². The molecule has 0 aliphatic heterocycles. The van der Waals surface area contributed by atoms with Crippen LogP contribution in [0.5, 0.6) is 0 Å². The number of halogens is 3. The summed E-state index contributed by atoms with van der Waals surface area (Å²) in [6.07, 6.45) is 0. The van der Waals surface area contributed by atoms with E-state index in [0.29, 0.717) is 5.02 Å². The minimum absolute atomic E-state index is 0.00969. The molecule has 0 bridgehead atoms. The largest absolute Gasteiger partial charge is 0.306 e. The van der Waals surface area contributed by atoms with E-state index in [1.165, 1.54) is 0 Å².